The van der Waals surface area contributed by atoms with Crippen molar-refractivity contribution in [1.29, 1.82) is 0 Å². The number of rotatable bonds is 17. The molecule has 1 fully saturated rings. The van der Waals surface area contributed by atoms with Gasteiger partial charge in [-0.2, -0.15) is 0 Å². The fraction of sp³-hybridized carbons (Fsp3) is 0.447. The van der Waals surface area contributed by atoms with Crippen LogP contribution < -0.4 is 43.4 Å². The van der Waals surface area contributed by atoms with Crippen LogP contribution in [0.15, 0.2) is 83.9 Å². The van der Waals surface area contributed by atoms with Gasteiger partial charge < -0.3 is 58.3 Å². The van der Waals surface area contributed by atoms with Gasteiger partial charge in [-0.1, -0.05) is 81.8 Å². The quantitative estimate of drug-likeness (QED) is 0.0391. The zero-order valence-electron chi connectivity index (χ0n) is 37.8. The molecule has 0 aliphatic carbocycles. The van der Waals surface area contributed by atoms with Gasteiger partial charge >= 0.3 is 5.97 Å². The van der Waals surface area contributed by atoms with Gasteiger partial charge in [0.25, 0.3) is 0 Å². The Hall–Kier alpha value is -7.18. The smallest absolute Gasteiger partial charge is 0.329 e. The number of carbonyl (C=O) groups excluding carboxylic acids is 7. The van der Waals surface area contributed by atoms with Crippen LogP contribution >= 0.6 is 0 Å². The number of nitrogens with two attached hydrogens (primary N) is 2. The summed E-state index contributed by atoms with van der Waals surface area (Å²) in [5.41, 5.74) is 12.8. The van der Waals surface area contributed by atoms with Crippen molar-refractivity contribution in [3.8, 4) is 11.5 Å². The number of amides is 6. The lowest BCUT2D eigenvalue weighted by Crippen LogP contribution is -2.63. The molecule has 19 nitrogen and oxygen atoms in total. The van der Waals surface area contributed by atoms with E-state index in [0.29, 0.717) is 29.5 Å². The molecule has 1 heterocycles. The number of ether oxygens (including phenoxy) is 1. The standard InChI is InChI=1S/C47H63N9O10/c1-5-11-38(59)51-35(24-29-12-8-7-9-13-29)43(62)56-40-28(4)66-46(65)39(27(3)6-2)55-44(63)37(26-31-17-21-33(58)22-18-31)53-41(60)34(14-10-23-50-47(48)49)52-42(61)36(54-45(40)64)25-30-15-19-32(57)20-16-30/h7-9,12-13,15-22,27-28,34-37,39-40,57-58H,5-6,10-11,14,23-26H2,1-4H3,(H,51,59)(H,52,61)(H,53,60)(H,54,64)(H,55,63)(H,56,62)(H4,48,49,50)/t27-,28+,34?,35+,36?,37+,39?,40?/m0/s1. The monoisotopic (exact) mass is 913 g/mol. The molecule has 356 valence electrons. The topological polar surface area (TPSA) is 306 Å². The average Bonchev–Trinajstić information content (AvgIpc) is 3.28. The fourth-order valence-electron chi connectivity index (χ4n) is 7.18. The first-order chi connectivity index (χ1) is 31.5. The van der Waals surface area contributed by atoms with Crippen molar-refractivity contribution in [3.63, 3.8) is 0 Å². The van der Waals surface area contributed by atoms with Crippen molar-refractivity contribution in [2.75, 3.05) is 6.54 Å². The number of aliphatic imine (C=N–C) groups is 1. The molecule has 0 saturated carbocycles. The molecule has 66 heavy (non-hydrogen) atoms. The molecule has 1 aliphatic heterocycles. The number of guanidine groups is 1. The summed E-state index contributed by atoms with van der Waals surface area (Å²) in [7, 11) is 0. The van der Waals surface area contributed by atoms with E-state index in [1.54, 1.807) is 56.3 Å². The SMILES string of the molecule is CCCC(=O)N[C@H](Cc1ccccc1)C(=O)NC1C(=O)NC(Cc2ccc(O)cc2)C(=O)NC(CCCN=C(N)N)C(=O)N[C@H](Cc2ccc(O)cc2)C(=O)NC([C@@H](C)CC)C(=O)O[C@@H]1C. The van der Waals surface area contributed by atoms with E-state index in [1.807, 2.05) is 6.92 Å². The minimum atomic E-state index is -1.68. The molecule has 4 rings (SSSR count). The van der Waals surface area contributed by atoms with Crippen LogP contribution in [-0.4, -0.2) is 106 Å². The van der Waals surface area contributed by atoms with Crippen LogP contribution in [0.4, 0.5) is 0 Å². The number of phenols is 2. The number of hydrogen-bond acceptors (Lipinski definition) is 11. The second kappa shape index (κ2) is 25.3. The highest BCUT2D eigenvalue weighted by atomic mass is 16.5. The summed E-state index contributed by atoms with van der Waals surface area (Å²) < 4.78 is 5.92. The minimum Gasteiger partial charge on any atom is -0.508 e. The van der Waals surface area contributed by atoms with E-state index in [9.17, 15) is 43.8 Å². The molecule has 19 heteroatoms. The summed E-state index contributed by atoms with van der Waals surface area (Å²) in [6, 6.07) is 12.4. The number of benzene rings is 3. The highest BCUT2D eigenvalue weighted by Crippen LogP contribution is 2.18. The summed E-state index contributed by atoms with van der Waals surface area (Å²) in [5, 5.41) is 36.2. The zero-order chi connectivity index (χ0) is 48.3. The molecule has 12 N–H and O–H groups in total. The summed E-state index contributed by atoms with van der Waals surface area (Å²) in [6.07, 6.45) is -0.525. The molecule has 1 saturated heterocycles. The highest BCUT2D eigenvalue weighted by molar-refractivity contribution is 5.97. The largest absolute Gasteiger partial charge is 0.508 e. The van der Waals surface area contributed by atoms with Crippen LogP contribution in [0.2, 0.25) is 0 Å². The Morgan fingerprint density at radius 1 is 0.742 bits per heavy atom. The van der Waals surface area contributed by atoms with Crippen LogP contribution in [0, 0.1) is 5.92 Å². The molecular formula is C47H63N9O10. The number of nitrogens with one attached hydrogen (secondary N) is 6. The van der Waals surface area contributed by atoms with Gasteiger partial charge in [-0.05, 0) is 73.1 Å². The van der Waals surface area contributed by atoms with Crippen LogP contribution in [0.1, 0.15) is 76.5 Å². The van der Waals surface area contributed by atoms with Crippen molar-refractivity contribution in [2.24, 2.45) is 22.4 Å². The van der Waals surface area contributed by atoms with Gasteiger partial charge in [0.15, 0.2) is 5.96 Å². The first-order valence-corrected chi connectivity index (χ1v) is 22.1. The third-order valence-corrected chi connectivity index (χ3v) is 11.1. The van der Waals surface area contributed by atoms with E-state index in [0.717, 1.165) is 0 Å². The third-order valence-electron chi connectivity index (χ3n) is 11.1. The first kappa shape index (κ1) is 51.5. The lowest BCUT2D eigenvalue weighted by molar-refractivity contribution is -0.157. The van der Waals surface area contributed by atoms with Crippen LogP contribution in [0.3, 0.4) is 0 Å². The Kier molecular flexibility index (Phi) is 19.8. The van der Waals surface area contributed by atoms with E-state index in [4.69, 9.17) is 16.2 Å². The Morgan fingerprint density at radius 3 is 1.82 bits per heavy atom. The van der Waals surface area contributed by atoms with Gasteiger partial charge in [-0.25, -0.2) is 4.79 Å². The molecule has 8 atom stereocenters. The number of nitrogens with zero attached hydrogens (tertiary/aromatic N) is 1. The second-order valence-corrected chi connectivity index (χ2v) is 16.4. The summed E-state index contributed by atoms with van der Waals surface area (Å²) in [6.45, 7) is 6.76. The lowest BCUT2D eigenvalue weighted by atomic mass is 9.97. The lowest BCUT2D eigenvalue weighted by Gasteiger charge is -2.32. The molecule has 4 unspecified atom stereocenters. The fourth-order valence-corrected chi connectivity index (χ4v) is 7.18. The van der Waals surface area contributed by atoms with Gasteiger partial charge in [-0.3, -0.25) is 33.8 Å². The highest BCUT2D eigenvalue weighted by Gasteiger charge is 2.39. The maximum Gasteiger partial charge on any atom is 0.329 e. The van der Waals surface area contributed by atoms with Crippen molar-refractivity contribution >= 4 is 47.4 Å². The summed E-state index contributed by atoms with van der Waals surface area (Å²) in [5.74, 6) is -6.33. The molecule has 1 aliphatic rings. The van der Waals surface area contributed by atoms with E-state index in [1.165, 1.54) is 43.3 Å². The molecule has 0 radical (unpaired) electrons. The molecule has 0 spiro atoms. The molecule has 3 aromatic carbocycles. The van der Waals surface area contributed by atoms with Crippen molar-refractivity contribution in [3.05, 3.63) is 95.6 Å². The maximum absolute atomic E-state index is 14.6. The maximum atomic E-state index is 14.6. The summed E-state index contributed by atoms with van der Waals surface area (Å²) >= 11 is 0. The minimum absolute atomic E-state index is 0.0288. The number of esters is 1. The molecule has 0 aromatic heterocycles. The predicted octanol–water partition coefficient (Wildman–Crippen LogP) is 0.880. The van der Waals surface area contributed by atoms with Gasteiger partial charge in [0.05, 0.1) is 0 Å². The number of hydrogen-bond donors (Lipinski definition) is 10. The number of carbonyl (C=O) groups is 7. The normalized spacial score (nSPS) is 21.7. The van der Waals surface area contributed by atoms with E-state index in [-0.39, 0.29) is 62.5 Å². The van der Waals surface area contributed by atoms with Crippen LogP contribution in [0.25, 0.3) is 0 Å². The van der Waals surface area contributed by atoms with E-state index < -0.39 is 89.7 Å². The molecule has 3 aromatic rings. The third kappa shape index (κ3) is 16.1. The van der Waals surface area contributed by atoms with Crippen LogP contribution in [0.5, 0.6) is 11.5 Å². The summed E-state index contributed by atoms with van der Waals surface area (Å²) in [4.78, 5) is 103. The van der Waals surface area contributed by atoms with Gasteiger partial charge in [-0.15, -0.1) is 0 Å². The number of aromatic hydroxyl groups is 2. The Morgan fingerprint density at radius 2 is 1.27 bits per heavy atom. The molecule has 6 amide bonds. The van der Waals surface area contributed by atoms with Gasteiger partial charge in [0, 0.05) is 32.2 Å². The Labute approximate surface area is 384 Å². The van der Waals surface area contributed by atoms with E-state index >= 15 is 0 Å². The molecular weight excluding hydrogens is 851 g/mol. The van der Waals surface area contributed by atoms with Crippen LogP contribution in [-0.2, 0) is 57.6 Å². The Bertz CT molecular complexity index is 2150. The second-order valence-electron chi connectivity index (χ2n) is 16.4. The van der Waals surface area contributed by atoms with Crippen molar-refractivity contribution in [1.82, 2.24) is 31.9 Å². The zero-order valence-corrected chi connectivity index (χ0v) is 37.8. The first-order valence-electron chi connectivity index (χ1n) is 22.1. The van der Waals surface area contributed by atoms with Crippen molar-refractivity contribution in [2.45, 2.75) is 121 Å². The van der Waals surface area contributed by atoms with Gasteiger partial charge in [0.1, 0.15) is 53.9 Å². The Balaban J connectivity index is 1.83. The average molecular weight is 914 g/mol. The van der Waals surface area contributed by atoms with Gasteiger partial charge in [0.2, 0.25) is 35.4 Å². The number of phenolic OH excluding ortho intramolecular Hbond substituents is 2. The predicted molar refractivity (Wildman–Crippen MR) is 245 cm³/mol. The number of cyclic esters (lactones) is 1. The molecule has 0 bridgehead atoms. The van der Waals surface area contributed by atoms with E-state index in [2.05, 4.69) is 36.9 Å². The van der Waals surface area contributed by atoms with Crippen molar-refractivity contribution < 1.29 is 48.5 Å².